The molecule has 35 nitrogen and oxygen atoms in total. The zero-order chi connectivity index (χ0) is 100. The molecular weight excluding hydrogens is 1860 g/mol. The number of carboxylic acids is 1. The highest BCUT2D eigenvalue weighted by Gasteiger charge is 2.61. The Morgan fingerprint density at radius 3 is 1.21 bits per heavy atom. The van der Waals surface area contributed by atoms with Crippen molar-refractivity contribution in [3.05, 3.63) is 291 Å². The fraction of sp³-hybridized carbons (Fsp3) is 0.427. The highest BCUT2D eigenvalue weighted by atomic mass is 35.5. The van der Waals surface area contributed by atoms with Gasteiger partial charge in [0.05, 0.1) is 57.4 Å². The normalized spacial score (nSPS) is 21.6. The van der Waals surface area contributed by atoms with Crippen LogP contribution in [0.2, 0.25) is 15.1 Å². The summed E-state index contributed by atoms with van der Waals surface area (Å²) in [5.41, 5.74) is 15.0. The molecule has 738 valence electrons. The number of aromatic carboxylic acids is 1. The minimum atomic E-state index is -1.01. The number of nitrogens with zero attached hydrogens (tertiary/aromatic N) is 15. The number of ether oxygens (including phenoxy) is 3. The summed E-state index contributed by atoms with van der Waals surface area (Å²) in [7, 11) is 0. The second-order valence-corrected chi connectivity index (χ2v) is 42.2. The minimum Gasteiger partial charge on any atom is -0.477 e. The number of aryl methyl sites for hydroxylation is 6. The predicted octanol–water partition coefficient (Wildman–Crippen LogP) is 17.2. The van der Waals surface area contributed by atoms with E-state index in [1.165, 1.54) is 15.7 Å². The van der Waals surface area contributed by atoms with Crippen molar-refractivity contribution in [1.29, 1.82) is 0 Å². The fourth-order valence-corrected chi connectivity index (χ4v) is 22.4. The number of hydrogen-bond acceptors (Lipinski definition) is 19. The van der Waals surface area contributed by atoms with Gasteiger partial charge in [-0.3, -0.25) is 37.5 Å². The Morgan fingerprint density at radius 2 is 0.858 bits per heavy atom. The van der Waals surface area contributed by atoms with E-state index in [0.29, 0.717) is 96.2 Å². The van der Waals surface area contributed by atoms with Crippen LogP contribution < -0.4 is 33.9 Å². The van der Waals surface area contributed by atoms with E-state index in [-0.39, 0.29) is 69.9 Å². The van der Waals surface area contributed by atoms with Crippen LogP contribution in [0.25, 0.3) is 56.3 Å². The van der Waals surface area contributed by atoms with Crippen LogP contribution in [0.5, 0.6) is 0 Å². The number of aromatic nitrogens is 18. The number of nitrogens with one attached hydrogen (secondary N) is 6. The Hall–Kier alpha value is -13.3. The van der Waals surface area contributed by atoms with E-state index in [9.17, 15) is 38.7 Å². The van der Waals surface area contributed by atoms with Crippen LogP contribution in [0.3, 0.4) is 0 Å². The summed E-state index contributed by atoms with van der Waals surface area (Å²) in [6, 6.07) is 27.5. The maximum Gasteiger partial charge on any atom is 0.438 e. The van der Waals surface area contributed by atoms with Gasteiger partial charge in [-0.2, -0.15) is 15.3 Å². The quantitative estimate of drug-likeness (QED) is 0.0531. The Kier molecular flexibility index (Phi) is 24.9. The molecule has 22 rings (SSSR count). The molecule has 9 atom stereocenters. The first-order chi connectivity index (χ1) is 66.9. The molecule has 10 aromatic heterocycles. The molecule has 7 aliphatic rings. The number of amides is 2. The number of carboxylic acid groups (broad SMARTS) is 1. The number of rotatable bonds is 14. The summed E-state index contributed by atoms with van der Waals surface area (Å²) < 4.78 is 41.3. The maximum absolute atomic E-state index is 15.2. The molecule has 2 aliphatic carbocycles. The van der Waals surface area contributed by atoms with E-state index in [1.54, 1.807) is 71.2 Å². The molecule has 5 aromatic carbocycles. The lowest BCUT2D eigenvalue weighted by molar-refractivity contribution is -0.0596. The van der Waals surface area contributed by atoms with Crippen molar-refractivity contribution in [1.82, 2.24) is 103 Å². The molecule has 2 saturated heterocycles. The molecule has 7 N–H and O–H groups in total. The first-order valence-corrected chi connectivity index (χ1v) is 49.0. The third kappa shape index (κ3) is 17.5. The SMILES string of the molecule is C[C@H]1C[C@]1(c1noc(=O)[nH]1)n1c(C(=O)O)cc2cc([C@H]3CCOC(C)(C)C3)ccc21.Cc1cc(-n2nc3c(c2-n2cc[nH]c2=O)[C@H](C)N(C(=O)OC(C)(C)C)CC3)cc(C)c1Cl.Cc1cc(-n2nc3c(c2-n2cc[nH]c2=O)[C@H](C)N(C(=O)c2cc4cc([C@H]5CCOC(C)(C)C5)ccc4n2[C@@]2(c4noc(=O)[nH]4)C[C@@H]2C)CC3)cc(C)c1Cl.Cc1cc(-n2nc3c(c2-n2cc[nH]c2=O)[C@H](C)NCC3)cc(C)c1Cl. The molecular formula is C103H116Cl3N21O14. The molecule has 2 saturated carbocycles. The molecule has 0 radical (unpaired) electrons. The van der Waals surface area contributed by atoms with Crippen LogP contribution in [-0.4, -0.2) is 170 Å². The average Bonchev–Trinajstić information content (AvgIpc) is 1.53. The van der Waals surface area contributed by atoms with Crippen LogP contribution in [-0.2, 0) is 44.6 Å². The lowest BCUT2D eigenvalue weighted by Crippen LogP contribution is -2.42. The smallest absolute Gasteiger partial charge is 0.438 e. The van der Waals surface area contributed by atoms with Crippen LogP contribution in [0.4, 0.5) is 4.79 Å². The summed E-state index contributed by atoms with van der Waals surface area (Å²) in [5, 5.41) is 40.2. The lowest BCUT2D eigenvalue weighted by atomic mass is 9.83. The summed E-state index contributed by atoms with van der Waals surface area (Å²) in [6.45, 7) is 39.1. The number of carbonyl (C=O) groups is 3. The molecule has 5 aliphatic heterocycles. The molecule has 4 fully saturated rings. The Morgan fingerprint density at radius 1 is 0.489 bits per heavy atom. The van der Waals surface area contributed by atoms with E-state index in [2.05, 4.69) is 117 Å². The van der Waals surface area contributed by atoms with Crippen molar-refractivity contribution in [3.63, 3.8) is 0 Å². The minimum absolute atomic E-state index is 0.0679. The number of benzene rings is 5. The Bertz CT molecular complexity index is 7740. The van der Waals surface area contributed by atoms with Gasteiger partial charge in [0, 0.05) is 149 Å². The van der Waals surface area contributed by atoms with Crippen molar-refractivity contribution in [2.75, 3.05) is 32.8 Å². The topological polar surface area (TPSA) is 412 Å². The zero-order valence-corrected chi connectivity index (χ0v) is 84.4. The van der Waals surface area contributed by atoms with Crippen LogP contribution >= 0.6 is 34.8 Å². The number of carbonyl (C=O) groups excluding carboxylic acids is 2. The second kappa shape index (κ2) is 36.3. The molecule has 0 bridgehead atoms. The third-order valence-corrected chi connectivity index (χ3v) is 30.9. The van der Waals surface area contributed by atoms with Crippen LogP contribution in [0.1, 0.15) is 262 Å². The van der Waals surface area contributed by atoms with Crippen molar-refractivity contribution in [2.45, 2.75) is 240 Å². The van der Waals surface area contributed by atoms with E-state index in [4.69, 9.17) is 73.4 Å². The molecule has 15 aromatic rings. The number of imidazole rings is 3. The van der Waals surface area contributed by atoms with Gasteiger partial charge in [0.1, 0.15) is 45.5 Å². The summed E-state index contributed by atoms with van der Waals surface area (Å²) in [6.07, 6.45) is 16.5. The monoisotopic (exact) mass is 1980 g/mol. The van der Waals surface area contributed by atoms with Crippen molar-refractivity contribution in [2.24, 2.45) is 11.8 Å². The van der Waals surface area contributed by atoms with E-state index in [1.807, 2.05) is 141 Å². The van der Waals surface area contributed by atoms with Gasteiger partial charge in [-0.1, -0.05) is 71.1 Å². The summed E-state index contributed by atoms with van der Waals surface area (Å²) in [4.78, 5) is 119. The zero-order valence-electron chi connectivity index (χ0n) is 82.1. The predicted molar refractivity (Wildman–Crippen MR) is 533 cm³/mol. The number of hydrogen-bond donors (Lipinski definition) is 7. The Labute approximate surface area is 825 Å². The number of halogens is 3. The van der Waals surface area contributed by atoms with Gasteiger partial charge in [0.15, 0.2) is 11.6 Å². The highest BCUT2D eigenvalue weighted by molar-refractivity contribution is 6.33. The van der Waals surface area contributed by atoms with Gasteiger partial charge in [-0.15, -0.1) is 0 Å². The fourth-order valence-electron chi connectivity index (χ4n) is 22.1. The standard InChI is InChI=1S/C40H43ClN8O5.C23H28ClN5O3.C22H25N3O5.C18H20ClN5O/c1-21-15-28(16-22(2)33(21)41)49-34(47-13-11-42-37(47)51)32-24(4)46(12-9-29(32)44-49)35(50)31-18-27-17-25(26-10-14-53-39(5,6)20-26)7-8-30(27)48(31)40(19-23(40)3)36-43-38(52)54-45-36;1-13-11-16(12-14(2)19(13)24)29-20(28-10-8-25-21(28)30)18-15(3)27(9-7-17(18)26-29)22(31)32-23(4,5)6;1-12-10-22(12,19-23-20(28)30-24-19)25-16-5-4-13(8-15(16)9-17(25)18(26)27)14-6-7-29-21(2,3)11-14;1-10-8-13(9-11(2)16(10)19)24-17(23-7-6-21-18(23)25)15-12(3)20-5-4-14(15)22-24/h7-8,11,13,15-18,23-24,26H,9-10,12,14,19-20H2,1-6H3,(H,42,51)(H,43,45,52);8,10-12,15H,7,9H2,1-6H3,(H,25,30);4-5,8-9,12,14H,6-7,10-11H2,1-3H3,(H,26,27)(H,23,24,28);6-9,12,20H,4-5H2,1-3H3,(H,21,25)/t23-,24-,26-,40-;15-;12-,14-,22-;12-/m0000/s1. The second-order valence-electron chi connectivity index (χ2n) is 41.0. The molecule has 0 spiro atoms. The first-order valence-electron chi connectivity index (χ1n) is 47.9. The van der Waals surface area contributed by atoms with Crippen LogP contribution in [0, 0.1) is 53.4 Å². The Balaban J connectivity index is 0.000000126. The number of H-pyrrole nitrogens is 5. The molecule has 2 amide bonds. The number of fused-ring (bicyclic) bond motifs is 5. The highest BCUT2D eigenvalue weighted by Crippen LogP contribution is 2.58. The molecule has 38 heteroatoms. The van der Waals surface area contributed by atoms with E-state index >= 15 is 4.79 Å². The van der Waals surface area contributed by atoms with Gasteiger partial charge in [0.2, 0.25) is 0 Å². The van der Waals surface area contributed by atoms with E-state index < -0.39 is 40.2 Å². The summed E-state index contributed by atoms with van der Waals surface area (Å²) in [5.74, 6) is 1.15. The first kappa shape index (κ1) is 96.5. The van der Waals surface area contributed by atoms with E-state index in [0.717, 1.165) is 162 Å². The molecule has 0 unspecified atom stereocenters. The number of aromatic amines is 5. The van der Waals surface area contributed by atoms with Gasteiger partial charge >= 0.3 is 40.6 Å². The van der Waals surface area contributed by atoms with Crippen molar-refractivity contribution in [3.8, 4) is 34.5 Å². The van der Waals surface area contributed by atoms with Crippen molar-refractivity contribution >= 4 is 74.6 Å². The third-order valence-electron chi connectivity index (χ3n) is 29.1. The average molecular weight is 1980 g/mol. The van der Waals surface area contributed by atoms with Gasteiger partial charge in [-0.05, 0) is 290 Å². The van der Waals surface area contributed by atoms with Crippen LogP contribution in [0.15, 0.2) is 155 Å². The van der Waals surface area contributed by atoms with Gasteiger partial charge in [-0.25, -0.2) is 47.6 Å². The van der Waals surface area contributed by atoms with Crippen molar-refractivity contribution < 1.29 is 42.7 Å². The molecule has 15 heterocycles. The van der Waals surface area contributed by atoms with Gasteiger partial charge in [0.25, 0.3) is 5.91 Å². The lowest BCUT2D eigenvalue weighted by Gasteiger charge is -2.35. The van der Waals surface area contributed by atoms with Gasteiger partial charge < -0.3 is 58.5 Å². The summed E-state index contributed by atoms with van der Waals surface area (Å²) >= 11 is 19.3. The molecule has 141 heavy (non-hydrogen) atoms. The largest absolute Gasteiger partial charge is 0.477 e. The maximum atomic E-state index is 15.2.